The Morgan fingerprint density at radius 3 is 2.41 bits per heavy atom. The Hall–Kier alpha value is -3.18. The van der Waals surface area contributed by atoms with Crippen LogP contribution >= 0.6 is 22.6 Å². The minimum Gasteiger partial charge on any atom is -0.488 e. The Morgan fingerprint density at radius 2 is 1.83 bits per heavy atom. The van der Waals surface area contributed by atoms with Crippen LogP contribution < -0.4 is 4.74 Å². The highest BCUT2D eigenvalue weighted by Crippen LogP contribution is 2.26. The third-order valence-corrected chi connectivity index (χ3v) is 5.13. The molecule has 0 saturated carbocycles. The topological polar surface area (TPSA) is 76.2 Å². The molecule has 29 heavy (non-hydrogen) atoms. The van der Waals surface area contributed by atoms with Crippen LogP contribution in [0, 0.1) is 31.9 Å². The molecule has 5 nitrogen and oxygen atoms in total. The standard InChI is InChI=1S/C23H17IN2O3/c1-16-2-4-17(5-3-16)15-29-23-11-6-18(13-22(23)24)12-20(14-25)19-7-9-21(10-8-19)26(27)28/h2-13H,15H2,1H3/b20-12-. The summed E-state index contributed by atoms with van der Waals surface area (Å²) in [6.07, 6.45) is 1.76. The first-order valence-corrected chi connectivity index (χ1v) is 9.88. The largest absolute Gasteiger partial charge is 0.488 e. The fourth-order valence-electron chi connectivity index (χ4n) is 2.68. The van der Waals surface area contributed by atoms with Gasteiger partial charge >= 0.3 is 0 Å². The number of nitrogens with zero attached hydrogens (tertiary/aromatic N) is 2. The predicted molar refractivity (Wildman–Crippen MR) is 121 cm³/mol. The molecule has 0 aliphatic heterocycles. The monoisotopic (exact) mass is 496 g/mol. The molecule has 0 unspecified atom stereocenters. The molecule has 144 valence electrons. The Bertz CT molecular complexity index is 1100. The van der Waals surface area contributed by atoms with E-state index < -0.39 is 4.92 Å². The molecule has 0 aromatic heterocycles. The summed E-state index contributed by atoms with van der Waals surface area (Å²) in [4.78, 5) is 10.3. The molecule has 0 fully saturated rings. The molecular weight excluding hydrogens is 479 g/mol. The zero-order chi connectivity index (χ0) is 20.8. The van der Waals surface area contributed by atoms with Crippen molar-refractivity contribution in [3.63, 3.8) is 0 Å². The summed E-state index contributed by atoms with van der Waals surface area (Å²) < 4.78 is 6.85. The molecule has 0 aliphatic carbocycles. The molecule has 0 atom stereocenters. The molecule has 0 amide bonds. The third kappa shape index (κ3) is 5.42. The normalized spacial score (nSPS) is 11.0. The Labute approximate surface area is 182 Å². The second-order valence-corrected chi connectivity index (χ2v) is 7.60. The average molecular weight is 496 g/mol. The van der Waals surface area contributed by atoms with Gasteiger partial charge in [-0.3, -0.25) is 10.1 Å². The van der Waals surface area contributed by atoms with E-state index >= 15 is 0 Å². The van der Waals surface area contributed by atoms with Crippen molar-refractivity contribution in [1.29, 1.82) is 5.26 Å². The zero-order valence-electron chi connectivity index (χ0n) is 15.6. The van der Waals surface area contributed by atoms with E-state index in [2.05, 4.69) is 40.8 Å². The molecule has 0 N–H and O–H groups in total. The number of non-ortho nitro benzene ring substituents is 1. The first-order chi connectivity index (χ1) is 14.0. The quantitative estimate of drug-likeness (QED) is 0.135. The van der Waals surface area contributed by atoms with Crippen LogP contribution in [-0.2, 0) is 6.61 Å². The fourth-order valence-corrected chi connectivity index (χ4v) is 3.37. The maximum Gasteiger partial charge on any atom is 0.269 e. The third-order valence-electron chi connectivity index (χ3n) is 4.29. The van der Waals surface area contributed by atoms with Crippen LogP contribution in [0.15, 0.2) is 66.7 Å². The highest BCUT2D eigenvalue weighted by molar-refractivity contribution is 14.1. The molecule has 6 heteroatoms. The summed E-state index contributed by atoms with van der Waals surface area (Å²) in [5.41, 5.74) is 4.22. The van der Waals surface area contributed by atoms with Crippen LogP contribution in [0.5, 0.6) is 5.75 Å². The number of ether oxygens (including phenoxy) is 1. The Morgan fingerprint density at radius 1 is 1.14 bits per heavy atom. The molecule has 0 aliphatic rings. The van der Waals surface area contributed by atoms with Crippen LogP contribution in [-0.4, -0.2) is 4.92 Å². The molecule has 0 saturated heterocycles. The van der Waals surface area contributed by atoms with Gasteiger partial charge in [-0.15, -0.1) is 0 Å². The summed E-state index contributed by atoms with van der Waals surface area (Å²) in [6, 6.07) is 22.0. The van der Waals surface area contributed by atoms with E-state index in [0.29, 0.717) is 17.7 Å². The van der Waals surface area contributed by atoms with Crippen LogP contribution in [0.3, 0.4) is 0 Å². The van der Waals surface area contributed by atoms with E-state index in [1.165, 1.54) is 17.7 Å². The second-order valence-electron chi connectivity index (χ2n) is 6.44. The van der Waals surface area contributed by atoms with E-state index in [9.17, 15) is 15.4 Å². The number of hydrogen-bond donors (Lipinski definition) is 0. The van der Waals surface area contributed by atoms with Crippen LogP contribution in [0.25, 0.3) is 11.6 Å². The van der Waals surface area contributed by atoms with Gasteiger partial charge in [-0.25, -0.2) is 0 Å². The molecule has 0 heterocycles. The van der Waals surface area contributed by atoms with Crippen molar-refractivity contribution in [2.75, 3.05) is 0 Å². The van der Waals surface area contributed by atoms with E-state index in [4.69, 9.17) is 4.74 Å². The van der Waals surface area contributed by atoms with Gasteiger partial charge in [0.05, 0.1) is 20.1 Å². The fraction of sp³-hybridized carbons (Fsp3) is 0.0870. The number of halogens is 1. The van der Waals surface area contributed by atoms with Gasteiger partial charge in [0.1, 0.15) is 12.4 Å². The lowest BCUT2D eigenvalue weighted by Crippen LogP contribution is -1.97. The predicted octanol–water partition coefficient (Wildman–Crippen LogP) is 6.15. The van der Waals surface area contributed by atoms with Crippen molar-refractivity contribution in [1.82, 2.24) is 0 Å². The van der Waals surface area contributed by atoms with Crippen LogP contribution in [0.4, 0.5) is 5.69 Å². The summed E-state index contributed by atoms with van der Waals surface area (Å²) in [6.45, 7) is 2.53. The number of hydrogen-bond acceptors (Lipinski definition) is 4. The number of rotatable bonds is 6. The lowest BCUT2D eigenvalue weighted by molar-refractivity contribution is -0.384. The highest BCUT2D eigenvalue weighted by Gasteiger charge is 2.08. The maximum atomic E-state index is 10.8. The van der Waals surface area contributed by atoms with Crippen LogP contribution in [0.1, 0.15) is 22.3 Å². The van der Waals surface area contributed by atoms with E-state index in [1.54, 1.807) is 18.2 Å². The van der Waals surface area contributed by atoms with Gasteiger partial charge in [-0.2, -0.15) is 5.26 Å². The Kier molecular flexibility index (Phi) is 6.62. The first-order valence-electron chi connectivity index (χ1n) is 8.81. The smallest absolute Gasteiger partial charge is 0.269 e. The zero-order valence-corrected chi connectivity index (χ0v) is 17.8. The van der Waals surface area contributed by atoms with E-state index in [-0.39, 0.29) is 5.69 Å². The second kappa shape index (κ2) is 9.34. The number of nitro benzene ring substituents is 1. The lowest BCUT2D eigenvalue weighted by Gasteiger charge is -2.09. The molecule has 3 rings (SSSR count). The van der Waals surface area contributed by atoms with Gasteiger partial charge < -0.3 is 4.74 Å². The van der Waals surface area contributed by atoms with Crippen molar-refractivity contribution in [3.8, 4) is 11.8 Å². The first kappa shape index (κ1) is 20.6. The number of nitro groups is 1. The minimum absolute atomic E-state index is 0.00401. The number of benzene rings is 3. The summed E-state index contributed by atoms with van der Waals surface area (Å²) >= 11 is 2.21. The van der Waals surface area contributed by atoms with Gasteiger partial charge in [0.25, 0.3) is 5.69 Å². The lowest BCUT2D eigenvalue weighted by atomic mass is 10.0. The van der Waals surface area contributed by atoms with E-state index in [1.807, 2.05) is 37.3 Å². The average Bonchev–Trinajstić information content (AvgIpc) is 2.72. The summed E-state index contributed by atoms with van der Waals surface area (Å²) in [5, 5.41) is 20.3. The molecule has 0 spiro atoms. The highest BCUT2D eigenvalue weighted by atomic mass is 127. The van der Waals surface area contributed by atoms with E-state index in [0.717, 1.165) is 20.4 Å². The maximum absolute atomic E-state index is 10.8. The van der Waals surface area contributed by atoms with Crippen molar-refractivity contribution >= 4 is 39.9 Å². The molecule has 0 bridgehead atoms. The van der Waals surface area contributed by atoms with Crippen molar-refractivity contribution < 1.29 is 9.66 Å². The van der Waals surface area contributed by atoms with Gasteiger partial charge in [0, 0.05) is 12.1 Å². The van der Waals surface area contributed by atoms with Crippen LogP contribution in [0.2, 0.25) is 0 Å². The molecular formula is C23H17IN2O3. The van der Waals surface area contributed by atoms with Crippen molar-refractivity contribution in [3.05, 3.63) is 103 Å². The van der Waals surface area contributed by atoms with Gasteiger partial charge in [-0.05, 0) is 76.5 Å². The molecule has 0 radical (unpaired) electrons. The molecule has 3 aromatic carbocycles. The number of aryl methyl sites for hydroxylation is 1. The van der Waals surface area contributed by atoms with Gasteiger partial charge in [0.15, 0.2) is 0 Å². The Balaban J connectivity index is 1.76. The minimum atomic E-state index is -0.461. The van der Waals surface area contributed by atoms with Crippen molar-refractivity contribution in [2.24, 2.45) is 0 Å². The summed E-state index contributed by atoms with van der Waals surface area (Å²) in [7, 11) is 0. The summed E-state index contributed by atoms with van der Waals surface area (Å²) in [5.74, 6) is 0.775. The number of allylic oxidation sites excluding steroid dienone is 1. The molecule has 3 aromatic rings. The SMILES string of the molecule is Cc1ccc(COc2ccc(/C=C(/C#N)c3ccc([N+](=O)[O-])cc3)cc2I)cc1. The van der Waals surface area contributed by atoms with Gasteiger partial charge in [0.2, 0.25) is 0 Å². The number of nitriles is 1. The van der Waals surface area contributed by atoms with Crippen molar-refractivity contribution in [2.45, 2.75) is 13.5 Å². The van der Waals surface area contributed by atoms with Gasteiger partial charge in [-0.1, -0.05) is 35.9 Å².